The van der Waals surface area contributed by atoms with Crippen molar-refractivity contribution >= 4 is 74.2 Å². The molecule has 8 heteroatoms. The van der Waals surface area contributed by atoms with Crippen LogP contribution in [-0.4, -0.2) is 22.6 Å². The molecule has 0 unspecified atom stereocenters. The summed E-state index contributed by atoms with van der Waals surface area (Å²) >= 11 is 5.37. The van der Waals surface area contributed by atoms with Crippen molar-refractivity contribution in [2.24, 2.45) is 5.92 Å². The van der Waals surface area contributed by atoms with E-state index in [9.17, 15) is 14.0 Å². The number of rotatable bonds is 6. The number of thioether (sulfide) groups is 1. The quantitative estimate of drug-likeness (QED) is 0.239. The molecule has 0 radical (unpaired) electrons. The first-order valence-corrected chi connectivity index (χ1v) is 13.5. The average Bonchev–Trinajstić information content (AvgIpc) is 3.02. The number of carbonyl (C=O) groups excluding carboxylic acids is 2. The first kappa shape index (κ1) is 24.0. The number of imide groups is 1. The van der Waals surface area contributed by atoms with E-state index in [1.807, 2.05) is 12.1 Å². The summed E-state index contributed by atoms with van der Waals surface area (Å²) in [4.78, 5) is 27.2. The fraction of sp³-hybridized carbons (Fsp3) is 0.333. The standard InChI is InChI=1S/C24H22FI2NO3S/c25-18-9-5-4-8-17(18)14-31-22-19(26)10-16(11-20(22)27)12-21-23(29)28(24(30)32-21)13-15-6-2-1-3-7-15/h4-5,8-12,15H,1-3,6-7,13-14H2/b21-12+. The molecule has 4 rings (SSSR count). The zero-order valence-electron chi connectivity index (χ0n) is 17.3. The molecule has 2 aliphatic rings. The lowest BCUT2D eigenvalue weighted by Gasteiger charge is -2.25. The van der Waals surface area contributed by atoms with Gasteiger partial charge in [-0.15, -0.1) is 0 Å². The van der Waals surface area contributed by atoms with Crippen molar-refractivity contribution < 1.29 is 18.7 Å². The maximum atomic E-state index is 13.9. The van der Waals surface area contributed by atoms with Crippen LogP contribution in [-0.2, 0) is 11.4 Å². The summed E-state index contributed by atoms with van der Waals surface area (Å²) in [5.74, 6) is 0.606. The highest BCUT2D eigenvalue weighted by Crippen LogP contribution is 2.36. The lowest BCUT2D eigenvalue weighted by molar-refractivity contribution is -0.123. The topological polar surface area (TPSA) is 46.6 Å². The molecular formula is C24H22FI2NO3S. The van der Waals surface area contributed by atoms with Crippen LogP contribution in [0.3, 0.4) is 0 Å². The molecule has 2 aromatic carbocycles. The molecule has 2 aromatic rings. The van der Waals surface area contributed by atoms with E-state index in [1.165, 1.54) is 30.2 Å². The summed E-state index contributed by atoms with van der Waals surface area (Å²) in [6, 6.07) is 10.4. The molecule has 0 N–H and O–H groups in total. The van der Waals surface area contributed by atoms with Gasteiger partial charge in [-0.2, -0.15) is 0 Å². The van der Waals surface area contributed by atoms with E-state index in [0.717, 1.165) is 37.3 Å². The first-order chi connectivity index (χ1) is 15.4. The predicted molar refractivity (Wildman–Crippen MR) is 142 cm³/mol. The van der Waals surface area contributed by atoms with Gasteiger partial charge in [-0.3, -0.25) is 14.5 Å². The second-order valence-corrected chi connectivity index (χ2v) is 11.3. The maximum absolute atomic E-state index is 13.9. The Morgan fingerprint density at radius 2 is 1.78 bits per heavy atom. The Morgan fingerprint density at radius 3 is 2.47 bits per heavy atom. The molecule has 0 atom stereocenters. The van der Waals surface area contributed by atoms with Crippen LogP contribution in [0.1, 0.15) is 43.2 Å². The van der Waals surface area contributed by atoms with Crippen LogP contribution in [0.25, 0.3) is 6.08 Å². The summed E-state index contributed by atoms with van der Waals surface area (Å²) in [6.45, 7) is 0.665. The molecule has 0 spiro atoms. The molecule has 1 saturated carbocycles. The predicted octanol–water partition coefficient (Wildman–Crippen LogP) is 7.23. The van der Waals surface area contributed by atoms with Gasteiger partial charge in [-0.1, -0.05) is 37.5 Å². The molecule has 32 heavy (non-hydrogen) atoms. The lowest BCUT2D eigenvalue weighted by atomic mass is 9.89. The number of benzene rings is 2. The van der Waals surface area contributed by atoms with Crippen molar-refractivity contribution in [1.29, 1.82) is 0 Å². The van der Waals surface area contributed by atoms with Gasteiger partial charge in [-0.25, -0.2) is 4.39 Å². The van der Waals surface area contributed by atoms with E-state index in [4.69, 9.17) is 4.74 Å². The van der Waals surface area contributed by atoms with Crippen LogP contribution in [0.2, 0.25) is 0 Å². The number of ether oxygens (including phenoxy) is 1. The molecule has 0 bridgehead atoms. The Morgan fingerprint density at radius 1 is 1.09 bits per heavy atom. The summed E-state index contributed by atoms with van der Waals surface area (Å²) < 4.78 is 21.5. The van der Waals surface area contributed by atoms with Crippen LogP contribution in [0, 0.1) is 18.9 Å². The molecule has 4 nitrogen and oxygen atoms in total. The molecule has 2 amide bonds. The van der Waals surface area contributed by atoms with Gasteiger partial charge in [0.2, 0.25) is 0 Å². The van der Waals surface area contributed by atoms with Gasteiger partial charge in [0, 0.05) is 12.1 Å². The van der Waals surface area contributed by atoms with Crippen LogP contribution >= 0.6 is 56.9 Å². The Balaban J connectivity index is 1.47. The van der Waals surface area contributed by atoms with Crippen LogP contribution in [0.5, 0.6) is 5.75 Å². The van der Waals surface area contributed by atoms with E-state index >= 15 is 0 Å². The number of carbonyl (C=O) groups is 2. The summed E-state index contributed by atoms with van der Waals surface area (Å²) in [6.07, 6.45) is 7.56. The number of halogens is 3. The van der Waals surface area contributed by atoms with Gasteiger partial charge < -0.3 is 4.74 Å². The highest BCUT2D eigenvalue weighted by Gasteiger charge is 2.36. The fourth-order valence-electron chi connectivity index (χ4n) is 4.00. The van der Waals surface area contributed by atoms with Gasteiger partial charge in [0.1, 0.15) is 18.2 Å². The summed E-state index contributed by atoms with van der Waals surface area (Å²) in [5.41, 5.74) is 1.33. The molecule has 0 aromatic heterocycles. The van der Waals surface area contributed by atoms with Crippen molar-refractivity contribution in [2.75, 3.05) is 6.54 Å². The lowest BCUT2D eigenvalue weighted by Crippen LogP contribution is -2.34. The average molecular weight is 677 g/mol. The second kappa shape index (κ2) is 10.9. The van der Waals surface area contributed by atoms with Crippen LogP contribution in [0.4, 0.5) is 9.18 Å². The van der Waals surface area contributed by atoms with Crippen LogP contribution in [0.15, 0.2) is 41.3 Å². The Hall–Kier alpha value is -1.14. The zero-order chi connectivity index (χ0) is 22.7. The third-order valence-electron chi connectivity index (χ3n) is 5.69. The molecule has 1 aliphatic carbocycles. The van der Waals surface area contributed by atoms with E-state index in [2.05, 4.69) is 45.2 Å². The van der Waals surface area contributed by atoms with Crippen molar-refractivity contribution in [2.45, 2.75) is 38.7 Å². The minimum Gasteiger partial charge on any atom is -0.487 e. The molecule has 1 heterocycles. The van der Waals surface area contributed by atoms with Gasteiger partial charge >= 0.3 is 0 Å². The third kappa shape index (κ3) is 5.67. The second-order valence-electron chi connectivity index (χ2n) is 7.99. The SMILES string of the molecule is O=C1S/C(=C/c2cc(I)c(OCc3ccccc3F)c(I)c2)C(=O)N1CC1CCCCC1. The van der Waals surface area contributed by atoms with E-state index in [0.29, 0.717) is 28.7 Å². The molecular weight excluding hydrogens is 655 g/mol. The summed E-state index contributed by atoms with van der Waals surface area (Å²) in [7, 11) is 0. The van der Waals surface area contributed by atoms with Crippen LogP contribution < -0.4 is 4.74 Å². The number of nitrogens with zero attached hydrogens (tertiary/aromatic N) is 1. The van der Waals surface area contributed by atoms with E-state index in [1.54, 1.807) is 24.3 Å². The monoisotopic (exact) mass is 677 g/mol. The minimum atomic E-state index is -0.293. The molecule has 1 saturated heterocycles. The van der Waals surface area contributed by atoms with Gasteiger partial charge in [0.15, 0.2) is 0 Å². The van der Waals surface area contributed by atoms with E-state index < -0.39 is 0 Å². The van der Waals surface area contributed by atoms with Gasteiger partial charge in [0.25, 0.3) is 11.1 Å². The van der Waals surface area contributed by atoms with Crippen molar-refractivity contribution in [1.82, 2.24) is 4.90 Å². The highest BCUT2D eigenvalue weighted by atomic mass is 127. The smallest absolute Gasteiger partial charge is 0.293 e. The zero-order valence-corrected chi connectivity index (χ0v) is 22.4. The Bertz CT molecular complexity index is 1050. The number of hydrogen-bond acceptors (Lipinski definition) is 4. The normalized spacial score (nSPS) is 18.6. The number of amides is 2. The highest BCUT2D eigenvalue weighted by molar-refractivity contribution is 14.1. The number of hydrogen-bond donors (Lipinski definition) is 0. The van der Waals surface area contributed by atoms with E-state index in [-0.39, 0.29) is 23.6 Å². The summed E-state index contributed by atoms with van der Waals surface area (Å²) in [5, 5.41) is -0.180. The Kier molecular flexibility index (Phi) is 8.14. The maximum Gasteiger partial charge on any atom is 0.293 e. The molecule has 2 fully saturated rings. The van der Waals surface area contributed by atoms with Crippen molar-refractivity contribution in [3.63, 3.8) is 0 Å². The van der Waals surface area contributed by atoms with Crippen molar-refractivity contribution in [3.8, 4) is 5.75 Å². The molecule has 1 aliphatic heterocycles. The fourth-order valence-corrected chi connectivity index (χ4v) is 6.98. The first-order valence-electron chi connectivity index (χ1n) is 10.5. The Labute approximate surface area is 218 Å². The third-order valence-corrected chi connectivity index (χ3v) is 8.20. The molecule has 168 valence electrons. The minimum absolute atomic E-state index is 0.137. The van der Waals surface area contributed by atoms with Crippen molar-refractivity contribution in [3.05, 3.63) is 65.4 Å². The van der Waals surface area contributed by atoms with Gasteiger partial charge in [-0.05, 0) is 106 Å². The van der Waals surface area contributed by atoms with Gasteiger partial charge in [0.05, 0.1) is 12.0 Å². The largest absolute Gasteiger partial charge is 0.487 e.